The molecule has 2 saturated heterocycles. The van der Waals surface area contributed by atoms with Crippen LogP contribution < -0.4 is 5.32 Å². The number of hydrogen-bond donors (Lipinski definition) is 1. The fraction of sp³-hybridized carbons (Fsp3) is 0.500. The van der Waals surface area contributed by atoms with Gasteiger partial charge in [0.2, 0.25) is 0 Å². The van der Waals surface area contributed by atoms with Crippen molar-refractivity contribution in [2.24, 2.45) is 0 Å². The summed E-state index contributed by atoms with van der Waals surface area (Å²) >= 11 is 0. The first-order chi connectivity index (χ1) is 6.39. The second kappa shape index (κ2) is 2.58. The minimum Gasteiger partial charge on any atom is -0.304 e. The van der Waals surface area contributed by atoms with Crippen molar-refractivity contribution >= 4 is 0 Å². The van der Waals surface area contributed by atoms with Crippen LogP contribution in [-0.4, -0.2) is 6.04 Å². The first-order valence-corrected chi connectivity index (χ1v) is 5.22. The molecule has 0 aromatic heterocycles. The van der Waals surface area contributed by atoms with Crippen LogP contribution in [0, 0.1) is 0 Å². The van der Waals surface area contributed by atoms with E-state index in [9.17, 15) is 0 Å². The lowest BCUT2D eigenvalue weighted by molar-refractivity contribution is 0.0688. The van der Waals surface area contributed by atoms with Gasteiger partial charge >= 0.3 is 0 Å². The Morgan fingerprint density at radius 1 is 1.23 bits per heavy atom. The number of fused-ring (bicyclic) bond motifs is 2. The van der Waals surface area contributed by atoms with E-state index in [1.54, 1.807) is 0 Å². The molecule has 4 rings (SSSR count). The SMILES string of the molecule is c1ccc(C23CCCC(C2)N3)cc1. The summed E-state index contributed by atoms with van der Waals surface area (Å²) in [5.41, 5.74) is 1.86. The predicted molar refractivity (Wildman–Crippen MR) is 53.5 cm³/mol. The molecular formula is C12H15N. The summed E-state index contributed by atoms with van der Waals surface area (Å²) < 4.78 is 0. The van der Waals surface area contributed by atoms with E-state index < -0.39 is 0 Å². The minimum atomic E-state index is 0.365. The van der Waals surface area contributed by atoms with Crippen molar-refractivity contribution in [2.75, 3.05) is 0 Å². The predicted octanol–water partition coefficient (Wildman–Crippen LogP) is 2.43. The molecule has 2 aliphatic heterocycles. The lowest BCUT2D eigenvalue weighted by atomic mass is 9.67. The highest BCUT2D eigenvalue weighted by atomic mass is 15.1. The highest BCUT2D eigenvalue weighted by Crippen LogP contribution is 2.45. The van der Waals surface area contributed by atoms with Gasteiger partial charge in [0.15, 0.2) is 0 Å². The Balaban J connectivity index is 1.93. The van der Waals surface area contributed by atoms with Crippen molar-refractivity contribution < 1.29 is 0 Å². The first-order valence-electron chi connectivity index (χ1n) is 5.22. The molecule has 1 heteroatoms. The fourth-order valence-electron chi connectivity index (χ4n) is 2.89. The van der Waals surface area contributed by atoms with Crippen molar-refractivity contribution in [1.82, 2.24) is 5.32 Å². The Morgan fingerprint density at radius 2 is 2.00 bits per heavy atom. The molecule has 0 amide bonds. The molecule has 2 unspecified atom stereocenters. The summed E-state index contributed by atoms with van der Waals surface area (Å²) in [7, 11) is 0. The zero-order valence-corrected chi connectivity index (χ0v) is 7.79. The first kappa shape index (κ1) is 7.57. The van der Waals surface area contributed by atoms with E-state index in [1.807, 2.05) is 0 Å². The fourth-order valence-corrected chi connectivity index (χ4v) is 2.89. The van der Waals surface area contributed by atoms with Crippen LogP contribution >= 0.6 is 0 Å². The van der Waals surface area contributed by atoms with Gasteiger partial charge in [-0.05, 0) is 31.2 Å². The maximum Gasteiger partial charge on any atom is 0.0451 e. The zero-order chi connectivity index (χ0) is 8.73. The van der Waals surface area contributed by atoms with Gasteiger partial charge in [-0.3, -0.25) is 0 Å². The monoisotopic (exact) mass is 173 g/mol. The minimum absolute atomic E-state index is 0.365. The third kappa shape index (κ3) is 1.03. The Hall–Kier alpha value is -0.820. The van der Waals surface area contributed by atoms with Crippen LogP contribution in [0.15, 0.2) is 30.3 Å². The quantitative estimate of drug-likeness (QED) is 0.687. The van der Waals surface area contributed by atoms with E-state index in [1.165, 1.54) is 31.2 Å². The van der Waals surface area contributed by atoms with E-state index in [0.29, 0.717) is 5.54 Å². The van der Waals surface area contributed by atoms with Crippen LogP contribution in [0.2, 0.25) is 0 Å². The molecule has 2 bridgehead atoms. The van der Waals surface area contributed by atoms with Crippen molar-refractivity contribution in [3.8, 4) is 0 Å². The van der Waals surface area contributed by atoms with Crippen molar-refractivity contribution in [3.05, 3.63) is 35.9 Å². The van der Waals surface area contributed by atoms with Crippen LogP contribution in [0.4, 0.5) is 0 Å². The summed E-state index contributed by atoms with van der Waals surface area (Å²) in [6.07, 6.45) is 5.46. The van der Waals surface area contributed by atoms with Crippen molar-refractivity contribution in [2.45, 2.75) is 37.3 Å². The summed E-state index contributed by atoms with van der Waals surface area (Å²) in [5, 5.41) is 3.71. The second-order valence-electron chi connectivity index (χ2n) is 4.39. The van der Waals surface area contributed by atoms with Crippen LogP contribution in [0.5, 0.6) is 0 Å². The molecule has 2 atom stereocenters. The maximum absolute atomic E-state index is 3.71. The maximum atomic E-state index is 3.71. The van der Waals surface area contributed by atoms with E-state index in [4.69, 9.17) is 0 Å². The largest absolute Gasteiger partial charge is 0.304 e. The normalized spacial score (nSPS) is 36.8. The Bertz CT molecular complexity index is 293. The topological polar surface area (TPSA) is 12.0 Å². The lowest BCUT2D eigenvalue weighted by Gasteiger charge is -2.54. The Morgan fingerprint density at radius 3 is 2.62 bits per heavy atom. The Kier molecular flexibility index (Phi) is 1.50. The van der Waals surface area contributed by atoms with E-state index in [2.05, 4.69) is 35.6 Å². The smallest absolute Gasteiger partial charge is 0.0451 e. The van der Waals surface area contributed by atoms with Crippen LogP contribution in [0.3, 0.4) is 0 Å². The molecular weight excluding hydrogens is 158 g/mol. The van der Waals surface area contributed by atoms with Gasteiger partial charge in [0.1, 0.15) is 0 Å². The van der Waals surface area contributed by atoms with Crippen LogP contribution in [-0.2, 0) is 5.54 Å². The Labute approximate surface area is 79.2 Å². The number of piperidine rings is 1. The van der Waals surface area contributed by atoms with Gasteiger partial charge in [0, 0.05) is 11.6 Å². The highest BCUT2D eigenvalue weighted by Gasteiger charge is 2.47. The van der Waals surface area contributed by atoms with Gasteiger partial charge in [-0.1, -0.05) is 30.3 Å². The molecule has 1 saturated carbocycles. The molecule has 1 aromatic rings. The molecule has 68 valence electrons. The summed E-state index contributed by atoms with van der Waals surface area (Å²) in [6, 6.07) is 11.7. The van der Waals surface area contributed by atoms with E-state index >= 15 is 0 Å². The van der Waals surface area contributed by atoms with Gasteiger partial charge in [-0.2, -0.15) is 0 Å². The van der Waals surface area contributed by atoms with Gasteiger partial charge in [-0.25, -0.2) is 0 Å². The van der Waals surface area contributed by atoms with Gasteiger partial charge < -0.3 is 5.32 Å². The standard InChI is InChI=1S/C12H15N/c1-2-5-10(6-3-1)12-8-4-7-11(9-12)13-12/h1-3,5-6,11,13H,4,7-9H2. The number of rotatable bonds is 1. The molecule has 1 N–H and O–H groups in total. The molecule has 0 spiro atoms. The van der Waals surface area contributed by atoms with Crippen molar-refractivity contribution in [3.63, 3.8) is 0 Å². The molecule has 13 heavy (non-hydrogen) atoms. The van der Waals surface area contributed by atoms with E-state index in [-0.39, 0.29) is 0 Å². The molecule has 1 aliphatic carbocycles. The number of hydrogen-bond acceptors (Lipinski definition) is 1. The molecule has 1 nitrogen and oxygen atoms in total. The highest BCUT2D eigenvalue weighted by molar-refractivity contribution is 5.29. The van der Waals surface area contributed by atoms with Crippen LogP contribution in [0.1, 0.15) is 31.2 Å². The van der Waals surface area contributed by atoms with Gasteiger partial charge in [0.05, 0.1) is 0 Å². The molecule has 3 aliphatic rings. The summed E-state index contributed by atoms with van der Waals surface area (Å²) in [5.74, 6) is 0. The average Bonchev–Trinajstić information content (AvgIpc) is 2.19. The lowest BCUT2D eigenvalue weighted by Crippen LogP contribution is -2.63. The molecule has 2 heterocycles. The number of nitrogens with one attached hydrogen (secondary N) is 1. The average molecular weight is 173 g/mol. The third-order valence-electron chi connectivity index (χ3n) is 3.56. The van der Waals surface area contributed by atoms with Crippen molar-refractivity contribution in [1.29, 1.82) is 0 Å². The number of benzene rings is 1. The second-order valence-corrected chi connectivity index (χ2v) is 4.39. The molecule has 1 aromatic carbocycles. The summed E-state index contributed by atoms with van der Waals surface area (Å²) in [6.45, 7) is 0. The zero-order valence-electron chi connectivity index (χ0n) is 7.79. The van der Waals surface area contributed by atoms with Crippen LogP contribution in [0.25, 0.3) is 0 Å². The summed E-state index contributed by atoms with van der Waals surface area (Å²) in [4.78, 5) is 0. The third-order valence-corrected chi connectivity index (χ3v) is 3.56. The van der Waals surface area contributed by atoms with E-state index in [0.717, 1.165) is 6.04 Å². The molecule has 3 fully saturated rings. The molecule has 0 radical (unpaired) electrons. The van der Waals surface area contributed by atoms with Gasteiger partial charge in [-0.15, -0.1) is 0 Å². The van der Waals surface area contributed by atoms with Gasteiger partial charge in [0.25, 0.3) is 0 Å².